The Morgan fingerprint density at radius 3 is 0.939 bits per heavy atom. The van der Waals surface area contributed by atoms with E-state index in [0.717, 1.165) is 57.8 Å². The Hall–Kier alpha value is -1.71. The van der Waals surface area contributed by atoms with Gasteiger partial charge in [-0.2, -0.15) is 0 Å². The van der Waals surface area contributed by atoms with Gasteiger partial charge in [0.05, 0.1) is 0 Å². The van der Waals surface area contributed by atoms with Crippen LogP contribution in [0.25, 0.3) is 0 Å². The molecule has 0 fully saturated rings. The molecule has 0 aliphatic heterocycles. The van der Waals surface area contributed by atoms with Gasteiger partial charge in [-0.05, 0) is 38.5 Å². The van der Waals surface area contributed by atoms with Crippen molar-refractivity contribution in [3.63, 3.8) is 0 Å². The van der Waals surface area contributed by atoms with Crippen molar-refractivity contribution in [2.24, 2.45) is 0 Å². The van der Waals surface area contributed by atoms with E-state index in [-0.39, 0.29) is 19.3 Å². The predicted molar refractivity (Wildman–Crippen MR) is 129 cm³/mol. The van der Waals surface area contributed by atoms with Crippen LogP contribution >= 0.6 is 0 Å². The van der Waals surface area contributed by atoms with E-state index >= 15 is 0 Å². The summed E-state index contributed by atoms with van der Waals surface area (Å²) >= 11 is 0. The van der Waals surface area contributed by atoms with Crippen LogP contribution in [0.3, 0.4) is 0 Å². The van der Waals surface area contributed by atoms with Crippen molar-refractivity contribution in [1.29, 1.82) is 0 Å². The smallest absolute Gasteiger partial charge is 0.340 e. The summed E-state index contributed by atoms with van der Waals surface area (Å²) < 4.78 is 1.83. The molecule has 9 heteroatoms. The molecule has 0 bridgehead atoms. The van der Waals surface area contributed by atoms with Crippen LogP contribution in [0, 0.1) is 0 Å². The van der Waals surface area contributed by atoms with E-state index in [4.69, 9.17) is 0 Å². The lowest BCUT2D eigenvalue weighted by Gasteiger charge is -2.22. The average molecular weight is 472 g/mol. The maximum absolute atomic E-state index is 13.1. The predicted octanol–water partition coefficient (Wildman–Crippen LogP) is 3.56. The van der Waals surface area contributed by atoms with E-state index in [2.05, 4.69) is 20.8 Å². The van der Waals surface area contributed by atoms with Crippen molar-refractivity contribution in [2.45, 2.75) is 136 Å². The van der Waals surface area contributed by atoms with Crippen molar-refractivity contribution in [3.05, 3.63) is 31.5 Å². The van der Waals surface area contributed by atoms with Crippen LogP contribution in [0.1, 0.15) is 136 Å². The van der Waals surface area contributed by atoms with E-state index in [1.165, 1.54) is 0 Å². The number of aliphatic hydroxyl groups is 3. The van der Waals surface area contributed by atoms with Crippen LogP contribution in [0.4, 0.5) is 0 Å². The molecule has 1 heterocycles. The Balaban J connectivity index is 3.34. The van der Waals surface area contributed by atoms with Crippen molar-refractivity contribution in [3.8, 4) is 0 Å². The van der Waals surface area contributed by atoms with Gasteiger partial charge < -0.3 is 15.3 Å². The third kappa shape index (κ3) is 8.87. The molecule has 3 atom stereocenters. The number of aliphatic hydroxyl groups excluding tert-OH is 3. The number of unbranched alkanes of at least 4 members (excludes halogenated alkanes) is 9. The van der Waals surface area contributed by atoms with Crippen molar-refractivity contribution in [1.82, 2.24) is 13.7 Å². The summed E-state index contributed by atoms with van der Waals surface area (Å²) in [5.74, 6) is 0. The summed E-state index contributed by atoms with van der Waals surface area (Å²) in [6, 6.07) is 0. The molecule has 9 nitrogen and oxygen atoms in total. The van der Waals surface area contributed by atoms with Gasteiger partial charge in [-0.25, -0.2) is 28.1 Å². The minimum atomic E-state index is -1.43. The molecule has 0 aliphatic carbocycles. The quantitative estimate of drug-likeness (QED) is 0.281. The third-order valence-corrected chi connectivity index (χ3v) is 6.08. The molecule has 33 heavy (non-hydrogen) atoms. The first-order valence-electron chi connectivity index (χ1n) is 12.8. The van der Waals surface area contributed by atoms with E-state index in [1.807, 2.05) is 0 Å². The van der Waals surface area contributed by atoms with Gasteiger partial charge in [-0.3, -0.25) is 0 Å². The van der Waals surface area contributed by atoms with E-state index in [1.54, 1.807) is 0 Å². The van der Waals surface area contributed by atoms with Crippen LogP contribution in [0.15, 0.2) is 14.4 Å². The Kier molecular flexibility index (Phi) is 14.2. The molecule has 0 amide bonds. The minimum Gasteiger partial charge on any atom is -0.373 e. The monoisotopic (exact) mass is 471 g/mol. The molecule has 1 aromatic rings. The lowest BCUT2D eigenvalue weighted by molar-refractivity contribution is 0.0299. The standard InChI is InChI=1S/C24H45N3O6/c1-4-7-10-13-16-19(28)25-22(31)26(20(29)17-14-11-8-5-2)24(33)27(23(25)32)21(30)18-15-12-9-6-3/h19-21,28-30H,4-18H2,1-3H3. The van der Waals surface area contributed by atoms with E-state index < -0.39 is 35.8 Å². The molecule has 3 N–H and O–H groups in total. The highest BCUT2D eigenvalue weighted by Crippen LogP contribution is 2.15. The number of nitrogens with zero attached hydrogens (tertiary/aromatic N) is 3. The fourth-order valence-corrected chi connectivity index (χ4v) is 4.01. The highest BCUT2D eigenvalue weighted by Gasteiger charge is 2.26. The normalized spacial score (nSPS) is 14.4. The number of hydrogen-bond acceptors (Lipinski definition) is 6. The molecule has 0 spiro atoms. The van der Waals surface area contributed by atoms with E-state index in [9.17, 15) is 29.7 Å². The van der Waals surface area contributed by atoms with Gasteiger partial charge in [-0.1, -0.05) is 78.6 Å². The molecule has 3 unspecified atom stereocenters. The zero-order valence-electron chi connectivity index (χ0n) is 20.7. The molecule has 0 saturated carbocycles. The van der Waals surface area contributed by atoms with Gasteiger partial charge in [0.15, 0.2) is 0 Å². The highest BCUT2D eigenvalue weighted by molar-refractivity contribution is 4.84. The molecule has 0 radical (unpaired) electrons. The lowest BCUT2D eigenvalue weighted by Crippen LogP contribution is -2.57. The van der Waals surface area contributed by atoms with Gasteiger partial charge in [0.2, 0.25) is 0 Å². The van der Waals surface area contributed by atoms with Gasteiger partial charge in [0, 0.05) is 0 Å². The zero-order valence-corrected chi connectivity index (χ0v) is 20.7. The molecule has 1 aromatic heterocycles. The second kappa shape index (κ2) is 16.0. The Labute approximate surface area is 196 Å². The number of aromatic nitrogens is 3. The van der Waals surface area contributed by atoms with Gasteiger partial charge in [0.1, 0.15) is 18.7 Å². The lowest BCUT2D eigenvalue weighted by atomic mass is 10.1. The molecular formula is C24H45N3O6. The molecule has 0 aromatic carbocycles. The fourth-order valence-electron chi connectivity index (χ4n) is 4.01. The van der Waals surface area contributed by atoms with Crippen molar-refractivity contribution in [2.75, 3.05) is 0 Å². The molecule has 0 aliphatic rings. The summed E-state index contributed by atoms with van der Waals surface area (Å²) in [4.78, 5) is 39.2. The maximum Gasteiger partial charge on any atom is 0.340 e. The SMILES string of the molecule is CCCCCCC(O)n1c(=O)n(C(O)CCCCCC)c(=O)n(C(O)CCCCCC)c1=O. The van der Waals surface area contributed by atoms with Crippen LogP contribution in [0.5, 0.6) is 0 Å². The Morgan fingerprint density at radius 1 is 0.485 bits per heavy atom. The molecule has 1 rings (SSSR count). The number of rotatable bonds is 18. The first kappa shape index (κ1) is 29.3. The van der Waals surface area contributed by atoms with Crippen LogP contribution < -0.4 is 17.1 Å². The first-order chi connectivity index (χ1) is 15.8. The minimum absolute atomic E-state index is 0.173. The number of hydrogen-bond donors (Lipinski definition) is 3. The topological polar surface area (TPSA) is 127 Å². The van der Waals surface area contributed by atoms with Crippen LogP contribution in [0.2, 0.25) is 0 Å². The first-order valence-corrected chi connectivity index (χ1v) is 12.8. The summed E-state index contributed by atoms with van der Waals surface area (Å²) in [5, 5.41) is 31.9. The highest BCUT2D eigenvalue weighted by atomic mass is 16.3. The second-order valence-corrected chi connectivity index (χ2v) is 8.95. The summed E-state index contributed by atoms with van der Waals surface area (Å²) in [5.41, 5.74) is -3.11. The van der Waals surface area contributed by atoms with Gasteiger partial charge >= 0.3 is 17.1 Å². The Bertz CT molecular complexity index is 704. The molecular weight excluding hydrogens is 426 g/mol. The van der Waals surface area contributed by atoms with Gasteiger partial charge in [0.25, 0.3) is 0 Å². The van der Waals surface area contributed by atoms with Crippen molar-refractivity contribution < 1.29 is 15.3 Å². The third-order valence-electron chi connectivity index (χ3n) is 6.08. The van der Waals surface area contributed by atoms with Gasteiger partial charge in [-0.15, -0.1) is 0 Å². The largest absolute Gasteiger partial charge is 0.373 e. The maximum atomic E-state index is 13.1. The fraction of sp³-hybridized carbons (Fsp3) is 0.875. The molecule has 192 valence electrons. The summed E-state index contributed by atoms with van der Waals surface area (Å²) in [6.07, 6.45) is 6.51. The Morgan fingerprint density at radius 2 is 0.727 bits per heavy atom. The average Bonchev–Trinajstić information content (AvgIpc) is 2.77. The zero-order chi connectivity index (χ0) is 24.8. The van der Waals surface area contributed by atoms with Crippen LogP contribution in [-0.2, 0) is 0 Å². The van der Waals surface area contributed by atoms with Crippen LogP contribution in [-0.4, -0.2) is 29.0 Å². The second-order valence-electron chi connectivity index (χ2n) is 8.95. The van der Waals surface area contributed by atoms with E-state index in [0.29, 0.717) is 33.0 Å². The summed E-state index contributed by atoms with van der Waals surface area (Å²) in [7, 11) is 0. The van der Waals surface area contributed by atoms with Crippen molar-refractivity contribution >= 4 is 0 Å². The molecule has 0 saturated heterocycles. The summed E-state index contributed by atoms with van der Waals surface area (Å²) in [6.45, 7) is 6.16.